The molecule has 0 spiro atoms. The lowest BCUT2D eigenvalue weighted by molar-refractivity contribution is -0.144. The number of rotatable bonds is 6. The lowest BCUT2D eigenvalue weighted by Crippen LogP contribution is -2.18. The Labute approximate surface area is 128 Å². The second kappa shape index (κ2) is 7.22. The summed E-state index contributed by atoms with van der Waals surface area (Å²) in [5, 5.41) is 4.35. The number of esters is 1. The number of ether oxygens (including phenoxy) is 1. The molecule has 21 heavy (non-hydrogen) atoms. The van der Waals surface area contributed by atoms with Crippen LogP contribution < -0.4 is 0 Å². The van der Waals surface area contributed by atoms with Gasteiger partial charge in [0.05, 0.1) is 6.61 Å². The molecule has 1 unspecified atom stereocenters. The minimum atomic E-state index is -0.795. The number of hydrogen-bond acceptors (Lipinski definition) is 5. The molecule has 1 atom stereocenters. The Hall–Kier alpha value is -1.88. The van der Waals surface area contributed by atoms with Crippen LogP contribution in [0, 0.1) is 0 Å². The van der Waals surface area contributed by atoms with Gasteiger partial charge in [-0.05, 0) is 25.0 Å². The summed E-state index contributed by atoms with van der Waals surface area (Å²) in [6, 6.07) is 7.07. The van der Waals surface area contributed by atoms with Gasteiger partial charge in [0, 0.05) is 11.4 Å². The van der Waals surface area contributed by atoms with Crippen LogP contribution in [-0.4, -0.2) is 22.7 Å². The Bertz CT molecular complexity index is 612. The highest BCUT2D eigenvalue weighted by Crippen LogP contribution is 2.30. The molecule has 0 fully saturated rings. The summed E-state index contributed by atoms with van der Waals surface area (Å²) in [7, 11) is 0. The molecule has 0 saturated carbocycles. The zero-order valence-corrected chi connectivity index (χ0v) is 12.8. The zero-order valence-electron chi connectivity index (χ0n) is 12.0. The largest absolute Gasteiger partial charge is 0.465 e. The molecule has 5 nitrogen and oxygen atoms in total. The summed E-state index contributed by atoms with van der Waals surface area (Å²) in [4.78, 5) is 16.5. The molecule has 2 aromatic rings. The number of carbonyl (C=O) groups is 1. The fourth-order valence-corrected chi connectivity index (χ4v) is 2.25. The van der Waals surface area contributed by atoms with Crippen molar-refractivity contribution in [3.05, 3.63) is 46.6 Å². The summed E-state index contributed by atoms with van der Waals surface area (Å²) < 4.78 is 10.3. The summed E-state index contributed by atoms with van der Waals surface area (Å²) in [6.45, 7) is 4.04. The number of hydrogen-bond donors (Lipinski definition) is 0. The Morgan fingerprint density at radius 1 is 1.38 bits per heavy atom. The third-order valence-corrected chi connectivity index (χ3v) is 3.29. The summed E-state index contributed by atoms with van der Waals surface area (Å²) in [6.07, 6.45) is 1.59. The van der Waals surface area contributed by atoms with Gasteiger partial charge in [0.1, 0.15) is 0 Å². The Morgan fingerprint density at radius 2 is 2.14 bits per heavy atom. The van der Waals surface area contributed by atoms with Crippen LogP contribution in [0.2, 0.25) is 5.02 Å². The maximum absolute atomic E-state index is 12.3. The van der Waals surface area contributed by atoms with Crippen LogP contribution in [0.4, 0.5) is 0 Å². The van der Waals surface area contributed by atoms with Gasteiger partial charge in [-0.1, -0.05) is 41.9 Å². The zero-order chi connectivity index (χ0) is 15.2. The average Bonchev–Trinajstić information content (AvgIpc) is 2.90. The minimum Gasteiger partial charge on any atom is -0.465 e. The second-order valence-electron chi connectivity index (χ2n) is 4.51. The van der Waals surface area contributed by atoms with E-state index in [0.717, 1.165) is 6.42 Å². The molecule has 0 aliphatic carbocycles. The van der Waals surface area contributed by atoms with E-state index in [-0.39, 0.29) is 12.5 Å². The number of carbonyl (C=O) groups excluding carboxylic acids is 1. The molecule has 0 aliphatic heterocycles. The van der Waals surface area contributed by atoms with Gasteiger partial charge in [-0.15, -0.1) is 0 Å². The van der Waals surface area contributed by atoms with E-state index in [4.69, 9.17) is 20.9 Å². The first-order valence-electron chi connectivity index (χ1n) is 6.90. The van der Waals surface area contributed by atoms with Crippen LogP contribution >= 0.6 is 11.6 Å². The van der Waals surface area contributed by atoms with Crippen molar-refractivity contribution < 1.29 is 14.1 Å². The fraction of sp³-hybridized carbons (Fsp3) is 0.400. The quantitative estimate of drug-likeness (QED) is 0.765. The van der Waals surface area contributed by atoms with Crippen LogP contribution in [0.3, 0.4) is 0 Å². The molecule has 1 aromatic carbocycles. The minimum absolute atomic E-state index is 0.213. The maximum Gasteiger partial charge on any atom is 0.323 e. The summed E-state index contributed by atoms with van der Waals surface area (Å²) in [5.41, 5.74) is 0.601. The van der Waals surface area contributed by atoms with Crippen molar-refractivity contribution in [2.24, 2.45) is 0 Å². The summed E-state index contributed by atoms with van der Waals surface area (Å²) >= 11 is 6.18. The van der Waals surface area contributed by atoms with Gasteiger partial charge in [0.25, 0.3) is 0 Å². The number of halogens is 1. The van der Waals surface area contributed by atoms with Gasteiger partial charge < -0.3 is 9.26 Å². The number of benzene rings is 1. The Morgan fingerprint density at radius 3 is 2.81 bits per heavy atom. The molecule has 0 amide bonds. The smallest absolute Gasteiger partial charge is 0.323 e. The average molecular weight is 309 g/mol. The molecule has 0 radical (unpaired) electrons. The molecule has 1 aromatic heterocycles. The van der Waals surface area contributed by atoms with Crippen molar-refractivity contribution in [2.75, 3.05) is 6.61 Å². The molecular formula is C15H17ClN2O3. The van der Waals surface area contributed by atoms with Gasteiger partial charge in [0.2, 0.25) is 5.89 Å². The highest BCUT2D eigenvalue weighted by Gasteiger charge is 2.31. The Balaban J connectivity index is 2.40. The molecule has 112 valence electrons. The molecule has 2 rings (SSSR count). The predicted octanol–water partition coefficient (Wildman–Crippen LogP) is 3.37. The van der Waals surface area contributed by atoms with Gasteiger partial charge in [0.15, 0.2) is 11.7 Å². The summed E-state index contributed by atoms with van der Waals surface area (Å²) in [5.74, 6) is -0.451. The van der Waals surface area contributed by atoms with E-state index >= 15 is 0 Å². The van der Waals surface area contributed by atoms with Crippen molar-refractivity contribution >= 4 is 17.6 Å². The first-order valence-corrected chi connectivity index (χ1v) is 7.28. The fourth-order valence-electron chi connectivity index (χ4n) is 2.01. The van der Waals surface area contributed by atoms with Crippen molar-refractivity contribution in [3.8, 4) is 0 Å². The number of aromatic nitrogens is 2. The molecular weight excluding hydrogens is 292 g/mol. The van der Waals surface area contributed by atoms with Crippen LogP contribution in [0.15, 0.2) is 28.8 Å². The second-order valence-corrected chi connectivity index (χ2v) is 4.91. The van der Waals surface area contributed by atoms with Crippen molar-refractivity contribution in [1.29, 1.82) is 0 Å². The molecule has 0 saturated heterocycles. The van der Waals surface area contributed by atoms with Crippen LogP contribution in [0.5, 0.6) is 0 Å². The van der Waals surface area contributed by atoms with E-state index in [1.165, 1.54) is 0 Å². The van der Waals surface area contributed by atoms with E-state index < -0.39 is 11.9 Å². The molecule has 1 heterocycles. The molecule has 6 heteroatoms. The Kier molecular flexibility index (Phi) is 5.33. The number of nitrogens with zero attached hydrogens (tertiary/aromatic N) is 2. The van der Waals surface area contributed by atoms with Gasteiger partial charge in [-0.2, -0.15) is 4.98 Å². The van der Waals surface area contributed by atoms with Crippen molar-refractivity contribution in [3.63, 3.8) is 0 Å². The third-order valence-electron chi connectivity index (χ3n) is 2.94. The topological polar surface area (TPSA) is 65.2 Å². The first kappa shape index (κ1) is 15.5. The van der Waals surface area contributed by atoms with E-state index in [9.17, 15) is 4.79 Å². The first-order chi connectivity index (χ1) is 10.2. The molecule has 0 bridgehead atoms. The van der Waals surface area contributed by atoms with Crippen LogP contribution in [-0.2, 0) is 16.0 Å². The van der Waals surface area contributed by atoms with Crippen LogP contribution in [0.25, 0.3) is 0 Å². The highest BCUT2D eigenvalue weighted by atomic mass is 35.5. The van der Waals surface area contributed by atoms with Gasteiger partial charge in [-0.25, -0.2) is 0 Å². The highest BCUT2D eigenvalue weighted by molar-refractivity contribution is 6.31. The van der Waals surface area contributed by atoms with Crippen molar-refractivity contribution in [1.82, 2.24) is 10.1 Å². The normalized spacial score (nSPS) is 12.1. The SMILES string of the molecule is CCCc1noc(C(C(=O)OCC)c2ccccc2Cl)n1. The van der Waals surface area contributed by atoms with E-state index in [1.807, 2.05) is 6.92 Å². The third kappa shape index (κ3) is 3.61. The lowest BCUT2D eigenvalue weighted by Gasteiger charge is -2.13. The molecule has 0 N–H and O–H groups in total. The lowest BCUT2D eigenvalue weighted by atomic mass is 9.99. The number of aryl methyl sites for hydroxylation is 1. The molecule has 0 aliphatic rings. The predicted molar refractivity (Wildman–Crippen MR) is 78.2 cm³/mol. The van der Waals surface area contributed by atoms with E-state index in [1.54, 1.807) is 31.2 Å². The van der Waals surface area contributed by atoms with E-state index in [2.05, 4.69) is 10.1 Å². The monoisotopic (exact) mass is 308 g/mol. The van der Waals surface area contributed by atoms with Gasteiger partial charge in [-0.3, -0.25) is 4.79 Å². The van der Waals surface area contributed by atoms with Crippen molar-refractivity contribution in [2.45, 2.75) is 32.6 Å². The van der Waals surface area contributed by atoms with Gasteiger partial charge >= 0.3 is 5.97 Å². The maximum atomic E-state index is 12.3. The standard InChI is InChI=1S/C15H17ClN2O3/c1-3-7-12-17-14(21-18-12)13(15(19)20-4-2)10-8-5-6-9-11(10)16/h5-6,8-9,13H,3-4,7H2,1-2H3. The van der Waals surface area contributed by atoms with Crippen LogP contribution in [0.1, 0.15) is 43.5 Å². The van der Waals surface area contributed by atoms with E-state index in [0.29, 0.717) is 22.8 Å².